The van der Waals surface area contributed by atoms with E-state index in [4.69, 9.17) is 16.3 Å². The van der Waals surface area contributed by atoms with Crippen molar-refractivity contribution in [3.63, 3.8) is 0 Å². The number of hydrogen-bond donors (Lipinski definition) is 1. The number of aliphatic hydroxyl groups excluding tert-OH is 1. The predicted molar refractivity (Wildman–Crippen MR) is 63.0 cm³/mol. The maximum Gasteiger partial charge on any atom is 0.137 e. The summed E-state index contributed by atoms with van der Waals surface area (Å²) in [5.74, 6) is 0.634. The van der Waals surface area contributed by atoms with E-state index < -0.39 is 6.10 Å². The summed E-state index contributed by atoms with van der Waals surface area (Å²) in [6.45, 7) is 0.529. The Morgan fingerprint density at radius 2 is 2.35 bits per heavy atom. The summed E-state index contributed by atoms with van der Waals surface area (Å²) >= 11 is 5.81. The molecule has 1 aromatic carbocycles. The lowest BCUT2D eigenvalue weighted by atomic mass is 10.3. The van der Waals surface area contributed by atoms with Crippen molar-refractivity contribution >= 4 is 11.6 Å². The Morgan fingerprint density at radius 1 is 1.47 bits per heavy atom. The van der Waals surface area contributed by atoms with Crippen molar-refractivity contribution in [1.82, 2.24) is 14.8 Å². The standard InChI is InChI=1S/C11H12ClN3O2/c12-9-2-1-3-11(4-9)17-6-10(16)5-15-8-13-7-14-15/h1-4,7-8,10,16H,5-6H2. The number of benzene rings is 1. The van der Waals surface area contributed by atoms with Crippen LogP contribution in [0.1, 0.15) is 0 Å². The van der Waals surface area contributed by atoms with E-state index >= 15 is 0 Å². The Labute approximate surface area is 104 Å². The van der Waals surface area contributed by atoms with Gasteiger partial charge in [-0.1, -0.05) is 17.7 Å². The molecule has 17 heavy (non-hydrogen) atoms. The monoisotopic (exact) mass is 253 g/mol. The summed E-state index contributed by atoms with van der Waals surface area (Å²) in [6, 6.07) is 7.04. The van der Waals surface area contributed by atoms with Gasteiger partial charge in [0, 0.05) is 5.02 Å². The number of ether oxygens (including phenoxy) is 1. The Kier molecular flexibility index (Phi) is 3.95. The molecule has 1 aromatic heterocycles. The van der Waals surface area contributed by atoms with Crippen LogP contribution in [0.2, 0.25) is 5.02 Å². The molecule has 0 fully saturated rings. The van der Waals surface area contributed by atoms with Gasteiger partial charge in [-0.15, -0.1) is 0 Å². The van der Waals surface area contributed by atoms with Gasteiger partial charge in [0.15, 0.2) is 0 Å². The molecule has 6 heteroatoms. The summed E-state index contributed by atoms with van der Waals surface area (Å²) in [7, 11) is 0. The van der Waals surface area contributed by atoms with E-state index in [2.05, 4.69) is 10.1 Å². The van der Waals surface area contributed by atoms with Crippen molar-refractivity contribution in [3.8, 4) is 5.75 Å². The molecule has 1 heterocycles. The molecule has 0 aliphatic carbocycles. The summed E-state index contributed by atoms with van der Waals surface area (Å²) in [5.41, 5.74) is 0. The molecule has 0 amide bonds. The van der Waals surface area contributed by atoms with Crippen LogP contribution in [0.25, 0.3) is 0 Å². The van der Waals surface area contributed by atoms with Crippen LogP contribution < -0.4 is 4.74 Å². The van der Waals surface area contributed by atoms with E-state index in [9.17, 15) is 5.11 Å². The van der Waals surface area contributed by atoms with Gasteiger partial charge in [-0.05, 0) is 18.2 Å². The Hall–Kier alpha value is -1.59. The van der Waals surface area contributed by atoms with E-state index in [1.54, 1.807) is 35.3 Å². The fraction of sp³-hybridized carbons (Fsp3) is 0.273. The summed E-state index contributed by atoms with van der Waals surface area (Å²) in [4.78, 5) is 3.79. The average molecular weight is 254 g/mol. The van der Waals surface area contributed by atoms with Crippen molar-refractivity contribution in [2.75, 3.05) is 6.61 Å². The van der Waals surface area contributed by atoms with Crippen molar-refractivity contribution < 1.29 is 9.84 Å². The van der Waals surface area contributed by atoms with Crippen molar-refractivity contribution in [2.24, 2.45) is 0 Å². The minimum absolute atomic E-state index is 0.181. The lowest BCUT2D eigenvalue weighted by Gasteiger charge is -2.12. The molecule has 0 saturated carbocycles. The fourth-order valence-electron chi connectivity index (χ4n) is 1.34. The fourth-order valence-corrected chi connectivity index (χ4v) is 1.53. The Bertz CT molecular complexity index is 461. The molecule has 0 aliphatic rings. The van der Waals surface area contributed by atoms with Crippen LogP contribution in [0.5, 0.6) is 5.75 Å². The maximum absolute atomic E-state index is 9.70. The number of aromatic nitrogens is 3. The number of nitrogens with zero attached hydrogens (tertiary/aromatic N) is 3. The quantitative estimate of drug-likeness (QED) is 0.874. The van der Waals surface area contributed by atoms with E-state index in [0.717, 1.165) is 0 Å². The van der Waals surface area contributed by atoms with Gasteiger partial charge in [0.05, 0.1) is 6.54 Å². The highest BCUT2D eigenvalue weighted by Gasteiger charge is 2.06. The van der Waals surface area contributed by atoms with Crippen molar-refractivity contribution in [2.45, 2.75) is 12.6 Å². The summed E-state index contributed by atoms with van der Waals surface area (Å²) in [5, 5.41) is 14.2. The van der Waals surface area contributed by atoms with Crippen LogP contribution in [-0.2, 0) is 6.54 Å². The van der Waals surface area contributed by atoms with Crippen LogP contribution in [0.3, 0.4) is 0 Å². The molecular formula is C11H12ClN3O2. The minimum atomic E-state index is -0.643. The molecule has 90 valence electrons. The molecule has 2 rings (SSSR count). The Morgan fingerprint density at radius 3 is 3.06 bits per heavy atom. The molecule has 2 aromatic rings. The third-order valence-corrected chi connectivity index (χ3v) is 2.34. The summed E-state index contributed by atoms with van der Waals surface area (Å²) < 4.78 is 6.95. The zero-order chi connectivity index (χ0) is 12.1. The van der Waals surface area contributed by atoms with Crippen molar-refractivity contribution in [3.05, 3.63) is 41.9 Å². The zero-order valence-corrected chi connectivity index (χ0v) is 9.79. The van der Waals surface area contributed by atoms with Gasteiger partial charge in [-0.2, -0.15) is 5.10 Å². The highest BCUT2D eigenvalue weighted by atomic mass is 35.5. The first-order valence-electron chi connectivity index (χ1n) is 5.13. The lowest BCUT2D eigenvalue weighted by molar-refractivity contribution is 0.0892. The third-order valence-electron chi connectivity index (χ3n) is 2.10. The summed E-state index contributed by atoms with van der Waals surface area (Å²) in [6.07, 6.45) is 2.32. The minimum Gasteiger partial charge on any atom is -0.491 e. The van der Waals surface area contributed by atoms with Gasteiger partial charge in [-0.25, -0.2) is 4.98 Å². The number of hydrogen-bond acceptors (Lipinski definition) is 4. The first kappa shape index (κ1) is 11.9. The average Bonchev–Trinajstić information content (AvgIpc) is 2.79. The second-order valence-electron chi connectivity index (χ2n) is 3.54. The second kappa shape index (κ2) is 5.65. The van der Waals surface area contributed by atoms with Gasteiger partial charge >= 0.3 is 0 Å². The van der Waals surface area contributed by atoms with Gasteiger partial charge in [-0.3, -0.25) is 4.68 Å². The predicted octanol–water partition coefficient (Wildman–Crippen LogP) is 1.37. The number of rotatable bonds is 5. The van der Waals surface area contributed by atoms with E-state index in [1.165, 1.54) is 6.33 Å². The Balaban J connectivity index is 1.82. The van der Waals surface area contributed by atoms with E-state index in [-0.39, 0.29) is 6.61 Å². The molecule has 5 nitrogen and oxygen atoms in total. The largest absolute Gasteiger partial charge is 0.491 e. The highest BCUT2D eigenvalue weighted by Crippen LogP contribution is 2.17. The molecule has 0 aliphatic heterocycles. The molecule has 0 saturated heterocycles. The SMILES string of the molecule is OC(COc1cccc(Cl)c1)Cn1cncn1. The number of halogens is 1. The number of aliphatic hydroxyl groups is 1. The van der Waals surface area contributed by atoms with Crippen LogP contribution in [0.4, 0.5) is 0 Å². The third kappa shape index (κ3) is 3.72. The van der Waals surface area contributed by atoms with Gasteiger partial charge < -0.3 is 9.84 Å². The van der Waals surface area contributed by atoms with Gasteiger partial charge in [0.25, 0.3) is 0 Å². The first-order valence-corrected chi connectivity index (χ1v) is 5.50. The first-order chi connectivity index (χ1) is 8.24. The maximum atomic E-state index is 9.70. The second-order valence-corrected chi connectivity index (χ2v) is 3.98. The van der Waals surface area contributed by atoms with Crippen LogP contribution in [-0.4, -0.2) is 32.6 Å². The highest BCUT2D eigenvalue weighted by molar-refractivity contribution is 6.30. The molecule has 1 unspecified atom stereocenters. The van der Waals surface area contributed by atoms with Gasteiger partial charge in [0.1, 0.15) is 31.1 Å². The van der Waals surface area contributed by atoms with Crippen LogP contribution >= 0.6 is 11.6 Å². The normalized spacial score (nSPS) is 12.4. The molecule has 0 radical (unpaired) electrons. The van der Waals surface area contributed by atoms with Crippen LogP contribution in [0.15, 0.2) is 36.9 Å². The van der Waals surface area contributed by atoms with E-state index in [1.807, 2.05) is 0 Å². The van der Waals surface area contributed by atoms with E-state index in [0.29, 0.717) is 17.3 Å². The zero-order valence-electron chi connectivity index (χ0n) is 9.03. The van der Waals surface area contributed by atoms with Crippen LogP contribution in [0, 0.1) is 0 Å². The molecule has 0 spiro atoms. The molecule has 1 atom stereocenters. The molecular weight excluding hydrogens is 242 g/mol. The molecule has 0 bridgehead atoms. The topological polar surface area (TPSA) is 60.2 Å². The van der Waals surface area contributed by atoms with Crippen molar-refractivity contribution in [1.29, 1.82) is 0 Å². The smallest absolute Gasteiger partial charge is 0.137 e. The van der Waals surface area contributed by atoms with Gasteiger partial charge in [0.2, 0.25) is 0 Å². The lowest BCUT2D eigenvalue weighted by Crippen LogP contribution is -2.23. The molecule has 1 N–H and O–H groups in total.